The lowest BCUT2D eigenvalue weighted by Crippen LogP contribution is -2.47. The molecule has 0 saturated carbocycles. The lowest BCUT2D eigenvalue weighted by atomic mass is 9.72. The SMILES string of the molecule is COCCON1C=C(Cl)C=C(S(=O)(=O)NC(=O)c2ccc(N3CCN(CC4=C(c5ccc(Cl)cc5)CC(C)(C)CC4)CC3)cc2Oc2cnc3[nH]ccc3c2)C1. The van der Waals surface area contributed by atoms with Gasteiger partial charge in [0.25, 0.3) is 15.9 Å². The van der Waals surface area contributed by atoms with Crippen LogP contribution in [0.1, 0.15) is 49.0 Å². The Morgan fingerprint density at radius 3 is 2.57 bits per heavy atom. The number of hydrogen-bond donors (Lipinski definition) is 2. The minimum Gasteiger partial charge on any atom is -0.455 e. The van der Waals surface area contributed by atoms with Gasteiger partial charge in [-0.15, -0.1) is 0 Å². The van der Waals surface area contributed by atoms with Gasteiger partial charge in [-0.1, -0.05) is 54.8 Å². The van der Waals surface area contributed by atoms with Gasteiger partial charge in [-0.3, -0.25) is 19.6 Å². The fourth-order valence-corrected chi connectivity index (χ4v) is 8.78. The molecule has 296 valence electrons. The Kier molecular flexibility index (Phi) is 12.1. The second-order valence-electron chi connectivity index (χ2n) is 15.0. The molecule has 0 atom stereocenters. The van der Waals surface area contributed by atoms with Crippen molar-refractivity contribution in [3.8, 4) is 11.5 Å². The molecule has 2 aromatic carbocycles. The topological polar surface area (TPSA) is 129 Å². The van der Waals surface area contributed by atoms with E-state index in [2.05, 4.69) is 50.5 Å². The number of halogens is 2. The molecule has 3 aliphatic rings. The summed E-state index contributed by atoms with van der Waals surface area (Å²) in [6, 6.07) is 17.1. The first kappa shape index (κ1) is 39.8. The Morgan fingerprint density at radius 2 is 1.80 bits per heavy atom. The van der Waals surface area contributed by atoms with Gasteiger partial charge in [0, 0.05) is 74.4 Å². The Labute approximate surface area is 337 Å². The maximum absolute atomic E-state index is 13.8. The van der Waals surface area contributed by atoms with Crippen LogP contribution in [0.4, 0.5) is 5.69 Å². The van der Waals surface area contributed by atoms with Crippen molar-refractivity contribution in [2.24, 2.45) is 5.41 Å². The molecular weight excluding hydrogens is 775 g/mol. The predicted molar refractivity (Wildman–Crippen MR) is 220 cm³/mol. The van der Waals surface area contributed by atoms with Crippen molar-refractivity contribution in [1.29, 1.82) is 0 Å². The van der Waals surface area contributed by atoms with Crippen LogP contribution in [0.2, 0.25) is 5.02 Å². The minimum absolute atomic E-state index is 0.0401. The summed E-state index contributed by atoms with van der Waals surface area (Å²) in [4.78, 5) is 31.5. The molecule has 2 aromatic heterocycles. The number of hydrogen-bond acceptors (Lipinski definition) is 10. The van der Waals surface area contributed by atoms with Gasteiger partial charge in [0.05, 0.1) is 41.5 Å². The minimum atomic E-state index is -4.33. The number of carbonyl (C=O) groups excluding carboxylic acids is 1. The molecule has 0 unspecified atom stereocenters. The van der Waals surface area contributed by atoms with Crippen molar-refractivity contribution < 1.29 is 27.5 Å². The summed E-state index contributed by atoms with van der Waals surface area (Å²) >= 11 is 12.5. The summed E-state index contributed by atoms with van der Waals surface area (Å²) in [5.41, 5.74) is 5.99. The second-order valence-corrected chi connectivity index (χ2v) is 17.6. The number of rotatable bonds is 13. The zero-order valence-corrected chi connectivity index (χ0v) is 34.0. The molecule has 0 spiro atoms. The van der Waals surface area contributed by atoms with Crippen LogP contribution in [0.25, 0.3) is 16.6 Å². The third-order valence-electron chi connectivity index (χ3n) is 10.3. The molecule has 12 nitrogen and oxygen atoms in total. The van der Waals surface area contributed by atoms with Crippen molar-refractivity contribution in [3.05, 3.63) is 111 Å². The van der Waals surface area contributed by atoms with Gasteiger partial charge in [-0.2, -0.15) is 0 Å². The number of pyridine rings is 1. The molecule has 56 heavy (non-hydrogen) atoms. The molecule has 7 rings (SSSR count). The fraction of sp³-hybridized carbons (Fsp3) is 0.366. The number of nitrogens with zero attached hydrogens (tertiary/aromatic N) is 4. The van der Waals surface area contributed by atoms with E-state index in [1.807, 2.05) is 24.3 Å². The molecule has 1 aliphatic carbocycles. The largest absolute Gasteiger partial charge is 0.455 e. The maximum atomic E-state index is 13.8. The fourth-order valence-electron chi connectivity index (χ4n) is 7.28. The number of methoxy groups -OCH3 is 1. The highest BCUT2D eigenvalue weighted by atomic mass is 35.5. The summed E-state index contributed by atoms with van der Waals surface area (Å²) < 4.78 is 40.6. The van der Waals surface area contributed by atoms with Crippen LogP contribution in [0.5, 0.6) is 11.5 Å². The number of allylic oxidation sites excluding steroid dienone is 3. The van der Waals surface area contributed by atoms with E-state index in [-0.39, 0.29) is 39.8 Å². The van der Waals surface area contributed by atoms with E-state index in [9.17, 15) is 13.2 Å². The average Bonchev–Trinajstić information content (AvgIpc) is 3.64. The van der Waals surface area contributed by atoms with E-state index in [0.29, 0.717) is 18.0 Å². The average molecular weight is 822 g/mol. The van der Waals surface area contributed by atoms with Crippen LogP contribution in [-0.4, -0.2) is 93.8 Å². The zero-order valence-electron chi connectivity index (χ0n) is 31.7. The molecular formula is C41H46Cl2N6O6S. The molecule has 15 heteroatoms. The number of fused-ring (bicyclic) bond motifs is 1. The van der Waals surface area contributed by atoms with E-state index in [1.54, 1.807) is 30.6 Å². The number of ether oxygens (including phenoxy) is 2. The van der Waals surface area contributed by atoms with Gasteiger partial charge in [-0.05, 0) is 78.3 Å². The smallest absolute Gasteiger partial charge is 0.268 e. The number of piperazine rings is 1. The molecule has 1 amide bonds. The van der Waals surface area contributed by atoms with Crippen molar-refractivity contribution in [3.63, 3.8) is 0 Å². The summed E-state index contributed by atoms with van der Waals surface area (Å²) in [7, 11) is -2.80. The highest BCUT2D eigenvalue weighted by molar-refractivity contribution is 7.94. The summed E-state index contributed by atoms with van der Waals surface area (Å²) in [6.45, 7) is 9.15. The van der Waals surface area contributed by atoms with E-state index in [4.69, 9.17) is 37.5 Å². The number of anilines is 1. The highest BCUT2D eigenvalue weighted by Crippen LogP contribution is 2.43. The van der Waals surface area contributed by atoms with Gasteiger partial charge in [0.15, 0.2) is 0 Å². The Hall–Kier alpha value is -4.37. The number of H-pyrrole nitrogens is 1. The Morgan fingerprint density at radius 1 is 1.02 bits per heavy atom. The van der Waals surface area contributed by atoms with Gasteiger partial charge in [0.2, 0.25) is 0 Å². The summed E-state index contributed by atoms with van der Waals surface area (Å²) in [5.74, 6) is -0.268. The zero-order chi connectivity index (χ0) is 39.5. The molecule has 2 N–H and O–H groups in total. The molecule has 1 fully saturated rings. The molecule has 0 bridgehead atoms. The second kappa shape index (κ2) is 17.0. The first-order chi connectivity index (χ1) is 26.9. The van der Waals surface area contributed by atoms with Gasteiger partial charge in [0.1, 0.15) is 17.1 Å². The summed E-state index contributed by atoms with van der Waals surface area (Å²) in [5, 5.41) is 2.98. The van der Waals surface area contributed by atoms with Gasteiger partial charge >= 0.3 is 0 Å². The van der Waals surface area contributed by atoms with Crippen LogP contribution >= 0.6 is 23.2 Å². The quantitative estimate of drug-likeness (QED) is 0.130. The number of benzene rings is 2. The maximum Gasteiger partial charge on any atom is 0.268 e. The van der Waals surface area contributed by atoms with E-state index in [1.165, 1.54) is 41.2 Å². The van der Waals surface area contributed by atoms with Crippen molar-refractivity contribution in [2.75, 3.05) is 64.5 Å². The van der Waals surface area contributed by atoms with Crippen molar-refractivity contribution >= 4 is 61.4 Å². The van der Waals surface area contributed by atoms with Crippen molar-refractivity contribution in [2.45, 2.75) is 33.1 Å². The number of aromatic nitrogens is 2. The monoisotopic (exact) mass is 820 g/mol. The van der Waals surface area contributed by atoms with Gasteiger partial charge in [-0.25, -0.2) is 18.1 Å². The standard InChI is InChI=1S/C41H46Cl2N6O6S/c1-41(2)12-10-30(37(23-41)28-4-6-31(42)7-5-28)25-47-14-16-48(17-15-47)33-8-9-36(38(22-33)55-34-20-29-11-13-44-39(29)45-24-34)40(50)46-56(51,52)35-21-32(43)26-49(27-35)54-19-18-53-3/h4-9,11,13,20-22,24,26H,10,12,14-19,23,25,27H2,1-3H3,(H,44,45)(H,46,50). The first-order valence-corrected chi connectivity index (χ1v) is 20.8. The number of hydroxylamine groups is 2. The van der Waals surface area contributed by atoms with Crippen LogP contribution < -0.4 is 14.4 Å². The lowest BCUT2D eigenvalue weighted by molar-refractivity contribution is -0.126. The third kappa shape index (κ3) is 9.59. The molecule has 2 aliphatic heterocycles. The molecule has 4 heterocycles. The van der Waals surface area contributed by atoms with Crippen LogP contribution in [0, 0.1) is 5.41 Å². The van der Waals surface area contributed by atoms with E-state index in [0.717, 1.165) is 68.1 Å². The van der Waals surface area contributed by atoms with E-state index < -0.39 is 15.9 Å². The first-order valence-electron chi connectivity index (χ1n) is 18.6. The number of sulfonamides is 1. The third-order valence-corrected chi connectivity index (χ3v) is 12.2. The van der Waals surface area contributed by atoms with Crippen LogP contribution in [0.15, 0.2) is 94.8 Å². The normalized spacial score (nSPS) is 17.9. The molecule has 0 radical (unpaired) electrons. The number of aromatic amines is 1. The molecule has 4 aromatic rings. The number of nitrogens with one attached hydrogen (secondary N) is 2. The highest BCUT2D eigenvalue weighted by Gasteiger charge is 2.31. The Bertz CT molecular complexity index is 2280. The Balaban J connectivity index is 1.09. The summed E-state index contributed by atoms with van der Waals surface area (Å²) in [6.07, 6.45) is 9.34. The predicted octanol–water partition coefficient (Wildman–Crippen LogP) is 7.71. The van der Waals surface area contributed by atoms with Crippen LogP contribution in [-0.2, 0) is 19.6 Å². The van der Waals surface area contributed by atoms with Crippen molar-refractivity contribution in [1.82, 2.24) is 24.7 Å². The van der Waals surface area contributed by atoms with E-state index >= 15 is 0 Å². The number of amides is 1. The molecule has 1 saturated heterocycles. The van der Waals surface area contributed by atoms with Gasteiger partial charge < -0.3 is 19.4 Å². The lowest BCUT2D eigenvalue weighted by Gasteiger charge is -2.39. The van der Waals surface area contributed by atoms with Crippen LogP contribution in [0.3, 0.4) is 0 Å². The number of carbonyl (C=O) groups is 1.